The first-order valence-corrected chi connectivity index (χ1v) is 7.12. The third kappa shape index (κ3) is 3.80. The minimum Gasteiger partial charge on any atom is -0.465 e. The fourth-order valence-corrected chi connectivity index (χ4v) is 2.82. The second-order valence-corrected chi connectivity index (χ2v) is 5.37. The second-order valence-electron chi connectivity index (χ2n) is 5.37. The van der Waals surface area contributed by atoms with Crippen molar-refractivity contribution in [3.8, 4) is 0 Å². The van der Waals surface area contributed by atoms with Gasteiger partial charge in [0.05, 0.1) is 12.7 Å². The molecule has 0 N–H and O–H groups in total. The molecule has 1 atom stereocenters. The maximum Gasteiger partial charge on any atom is 0.337 e. The summed E-state index contributed by atoms with van der Waals surface area (Å²) in [5.41, 5.74) is 1.89. The predicted octanol–water partition coefficient (Wildman–Crippen LogP) is 3.10. The van der Waals surface area contributed by atoms with Crippen LogP contribution in [0, 0.1) is 5.92 Å². The molecule has 0 aliphatic carbocycles. The number of likely N-dealkylation sites (tertiary alicyclic amines) is 1. The number of rotatable bonds is 5. The minimum atomic E-state index is -0.268. The summed E-state index contributed by atoms with van der Waals surface area (Å²) in [6.07, 6.45) is 3.96. The Labute approximate surface area is 115 Å². The third-order valence-electron chi connectivity index (χ3n) is 3.85. The lowest BCUT2D eigenvalue weighted by atomic mass is 10.0. The number of carbonyl (C=O) groups excluding carboxylic acids is 1. The molecule has 0 spiro atoms. The third-order valence-corrected chi connectivity index (χ3v) is 3.85. The smallest absolute Gasteiger partial charge is 0.337 e. The number of nitrogens with zero attached hydrogens (tertiary/aromatic N) is 1. The lowest BCUT2D eigenvalue weighted by molar-refractivity contribution is 0.0600. The molecule has 1 aliphatic heterocycles. The van der Waals surface area contributed by atoms with Gasteiger partial charge < -0.3 is 4.74 Å². The van der Waals surface area contributed by atoms with Crippen molar-refractivity contribution >= 4 is 5.97 Å². The quantitative estimate of drug-likeness (QED) is 0.763. The van der Waals surface area contributed by atoms with Gasteiger partial charge in [-0.05, 0) is 43.0 Å². The molecule has 0 aromatic heterocycles. The number of ether oxygens (including phenoxy) is 1. The van der Waals surface area contributed by atoms with Crippen molar-refractivity contribution in [3.63, 3.8) is 0 Å². The van der Waals surface area contributed by atoms with E-state index in [2.05, 4.69) is 11.8 Å². The molecule has 1 aromatic carbocycles. The van der Waals surface area contributed by atoms with Gasteiger partial charge in [-0.1, -0.05) is 25.5 Å². The molecule has 2 rings (SSSR count). The molecule has 3 nitrogen and oxygen atoms in total. The molecule has 1 aliphatic rings. The predicted molar refractivity (Wildman–Crippen MR) is 76.1 cm³/mol. The Bertz CT molecular complexity index is 413. The van der Waals surface area contributed by atoms with Crippen LogP contribution in [-0.2, 0) is 11.3 Å². The van der Waals surface area contributed by atoms with Crippen molar-refractivity contribution < 1.29 is 9.53 Å². The Balaban J connectivity index is 1.88. The van der Waals surface area contributed by atoms with E-state index in [4.69, 9.17) is 4.74 Å². The summed E-state index contributed by atoms with van der Waals surface area (Å²) >= 11 is 0. The van der Waals surface area contributed by atoms with Crippen LogP contribution in [0.15, 0.2) is 24.3 Å². The van der Waals surface area contributed by atoms with E-state index in [0.29, 0.717) is 5.56 Å². The van der Waals surface area contributed by atoms with Gasteiger partial charge in [0.1, 0.15) is 0 Å². The van der Waals surface area contributed by atoms with E-state index in [1.54, 1.807) is 0 Å². The number of hydrogen-bond donors (Lipinski definition) is 0. The van der Waals surface area contributed by atoms with Crippen LogP contribution >= 0.6 is 0 Å². The molecule has 1 saturated heterocycles. The summed E-state index contributed by atoms with van der Waals surface area (Å²) in [5.74, 6) is 0.607. The van der Waals surface area contributed by atoms with Crippen molar-refractivity contribution in [2.45, 2.75) is 32.7 Å². The van der Waals surface area contributed by atoms with Crippen molar-refractivity contribution in [1.82, 2.24) is 4.90 Å². The first-order valence-electron chi connectivity index (χ1n) is 7.12. The Hall–Kier alpha value is -1.35. The Morgan fingerprint density at radius 2 is 2.11 bits per heavy atom. The fourth-order valence-electron chi connectivity index (χ4n) is 2.82. The molecule has 104 valence electrons. The van der Waals surface area contributed by atoms with Crippen LogP contribution in [0.2, 0.25) is 0 Å². The molecule has 1 unspecified atom stereocenters. The van der Waals surface area contributed by atoms with Crippen molar-refractivity contribution in [3.05, 3.63) is 35.4 Å². The van der Waals surface area contributed by atoms with Gasteiger partial charge in [0.25, 0.3) is 0 Å². The number of esters is 1. The average Bonchev–Trinajstić information content (AvgIpc) is 2.86. The van der Waals surface area contributed by atoms with Crippen LogP contribution in [0.3, 0.4) is 0 Å². The normalized spacial score (nSPS) is 19.6. The summed E-state index contributed by atoms with van der Waals surface area (Å²) in [7, 11) is 1.41. The zero-order valence-electron chi connectivity index (χ0n) is 11.9. The van der Waals surface area contributed by atoms with Crippen molar-refractivity contribution in [2.75, 3.05) is 20.2 Å². The Morgan fingerprint density at radius 3 is 2.74 bits per heavy atom. The molecular formula is C16H23NO2. The van der Waals surface area contributed by atoms with Gasteiger partial charge in [-0.25, -0.2) is 4.79 Å². The summed E-state index contributed by atoms with van der Waals surface area (Å²) in [6, 6.07) is 7.75. The molecule has 0 saturated carbocycles. The highest BCUT2D eigenvalue weighted by Gasteiger charge is 2.21. The zero-order valence-corrected chi connectivity index (χ0v) is 11.9. The standard InChI is InChI=1S/C16H23NO2/c1-3-4-13-9-10-17(11-13)12-14-5-7-15(8-6-14)16(18)19-2/h5-8,13H,3-4,9-12H2,1-2H3. The van der Waals surface area contributed by atoms with E-state index >= 15 is 0 Å². The van der Waals surface area contributed by atoms with Crippen LogP contribution in [0.5, 0.6) is 0 Å². The largest absolute Gasteiger partial charge is 0.465 e. The van der Waals surface area contributed by atoms with Gasteiger partial charge in [0.15, 0.2) is 0 Å². The van der Waals surface area contributed by atoms with Crippen LogP contribution in [0.1, 0.15) is 42.1 Å². The average molecular weight is 261 g/mol. The highest BCUT2D eigenvalue weighted by atomic mass is 16.5. The summed E-state index contributed by atoms with van der Waals surface area (Å²) < 4.78 is 4.70. The van der Waals surface area contributed by atoms with Crippen LogP contribution in [-0.4, -0.2) is 31.1 Å². The summed E-state index contributed by atoms with van der Waals surface area (Å²) in [5, 5.41) is 0. The SMILES string of the molecule is CCCC1CCN(Cc2ccc(C(=O)OC)cc2)C1. The molecule has 1 fully saturated rings. The van der Waals surface area contributed by atoms with E-state index in [1.807, 2.05) is 24.3 Å². The fraction of sp³-hybridized carbons (Fsp3) is 0.562. The number of benzene rings is 1. The summed E-state index contributed by atoms with van der Waals surface area (Å²) in [4.78, 5) is 13.9. The van der Waals surface area contributed by atoms with Gasteiger partial charge in [-0.2, -0.15) is 0 Å². The van der Waals surface area contributed by atoms with Gasteiger partial charge in [0.2, 0.25) is 0 Å². The lowest BCUT2D eigenvalue weighted by Gasteiger charge is -2.16. The molecule has 0 amide bonds. The van der Waals surface area contributed by atoms with Crippen LogP contribution < -0.4 is 0 Å². The topological polar surface area (TPSA) is 29.5 Å². The van der Waals surface area contributed by atoms with E-state index < -0.39 is 0 Å². The maximum atomic E-state index is 11.4. The first-order chi connectivity index (χ1) is 9.22. The minimum absolute atomic E-state index is 0.268. The van der Waals surface area contributed by atoms with Crippen molar-refractivity contribution in [2.24, 2.45) is 5.92 Å². The van der Waals surface area contributed by atoms with E-state index in [9.17, 15) is 4.79 Å². The number of carbonyl (C=O) groups is 1. The molecule has 0 bridgehead atoms. The molecule has 1 heterocycles. The highest BCUT2D eigenvalue weighted by molar-refractivity contribution is 5.89. The number of methoxy groups -OCH3 is 1. The van der Waals surface area contributed by atoms with E-state index in [-0.39, 0.29) is 5.97 Å². The zero-order chi connectivity index (χ0) is 13.7. The number of hydrogen-bond acceptors (Lipinski definition) is 3. The first kappa shape index (κ1) is 14.1. The van der Waals surface area contributed by atoms with Gasteiger partial charge in [0, 0.05) is 13.1 Å². The van der Waals surface area contributed by atoms with Crippen LogP contribution in [0.25, 0.3) is 0 Å². The highest BCUT2D eigenvalue weighted by Crippen LogP contribution is 2.22. The van der Waals surface area contributed by atoms with Gasteiger partial charge in [-0.15, -0.1) is 0 Å². The monoisotopic (exact) mass is 261 g/mol. The molecule has 3 heteroatoms. The van der Waals surface area contributed by atoms with Gasteiger partial charge >= 0.3 is 5.97 Å². The second kappa shape index (κ2) is 6.71. The van der Waals surface area contributed by atoms with Crippen molar-refractivity contribution in [1.29, 1.82) is 0 Å². The molecular weight excluding hydrogens is 238 g/mol. The van der Waals surface area contributed by atoms with E-state index in [0.717, 1.165) is 12.5 Å². The van der Waals surface area contributed by atoms with Gasteiger partial charge in [-0.3, -0.25) is 4.90 Å². The Kier molecular flexibility index (Phi) is 4.97. The molecule has 19 heavy (non-hydrogen) atoms. The van der Waals surface area contributed by atoms with Crippen LogP contribution in [0.4, 0.5) is 0 Å². The van der Waals surface area contributed by atoms with E-state index in [1.165, 1.54) is 45.0 Å². The Morgan fingerprint density at radius 1 is 1.37 bits per heavy atom. The molecule has 1 aromatic rings. The lowest BCUT2D eigenvalue weighted by Crippen LogP contribution is -2.20. The maximum absolute atomic E-state index is 11.4. The molecule has 0 radical (unpaired) electrons. The summed E-state index contributed by atoms with van der Waals surface area (Å²) in [6.45, 7) is 5.66.